The maximum Gasteiger partial charge on any atom is 0.318 e. The quantitative estimate of drug-likeness (QED) is 0.420. The van der Waals surface area contributed by atoms with Crippen molar-refractivity contribution in [2.75, 3.05) is 7.11 Å². The Labute approximate surface area is 125 Å². The van der Waals surface area contributed by atoms with Crippen LogP contribution in [-0.4, -0.2) is 37.9 Å². The van der Waals surface area contributed by atoms with E-state index in [0.717, 1.165) is 16.6 Å². The number of ether oxygens (including phenoxy) is 1. The lowest BCUT2D eigenvalue weighted by molar-refractivity contribution is -0.139. The van der Waals surface area contributed by atoms with Crippen LogP contribution in [0.25, 0.3) is 16.6 Å². The van der Waals surface area contributed by atoms with Gasteiger partial charge in [-0.3, -0.25) is 4.79 Å². The molecule has 0 saturated carbocycles. The average molecular weight is 302 g/mol. The number of nitrogens with zero attached hydrogens (tertiary/aromatic N) is 4. The van der Waals surface area contributed by atoms with Crippen molar-refractivity contribution in [2.24, 2.45) is 0 Å². The first-order valence-corrected chi connectivity index (χ1v) is 7.34. The second-order valence-electron chi connectivity index (χ2n) is 4.59. The Balaban J connectivity index is 2.18. The first kappa shape index (κ1) is 13.8. The van der Waals surface area contributed by atoms with Crippen LogP contribution in [0, 0.1) is 6.92 Å². The van der Waals surface area contributed by atoms with Gasteiger partial charge in [0.25, 0.3) is 0 Å². The van der Waals surface area contributed by atoms with Crippen LogP contribution in [0.3, 0.4) is 0 Å². The van der Waals surface area contributed by atoms with E-state index in [1.165, 1.54) is 18.9 Å². The number of aromatic nitrogens is 4. The molecule has 2 aromatic heterocycles. The van der Waals surface area contributed by atoms with Crippen molar-refractivity contribution >= 4 is 34.3 Å². The SMILES string of the molecule is COC(=O)C(C)Sc1nc2ccccc2c2nc(C)nn12. The number of aryl methyl sites for hydroxylation is 1. The van der Waals surface area contributed by atoms with Crippen molar-refractivity contribution in [1.82, 2.24) is 19.6 Å². The number of para-hydroxylation sites is 1. The summed E-state index contributed by atoms with van der Waals surface area (Å²) in [6, 6.07) is 7.75. The molecule has 108 valence electrons. The van der Waals surface area contributed by atoms with Crippen molar-refractivity contribution < 1.29 is 9.53 Å². The maximum absolute atomic E-state index is 11.6. The molecular formula is C14H14N4O2S. The summed E-state index contributed by atoms with van der Waals surface area (Å²) in [5.41, 5.74) is 1.58. The molecule has 1 unspecified atom stereocenters. The predicted molar refractivity (Wildman–Crippen MR) is 80.4 cm³/mol. The van der Waals surface area contributed by atoms with Gasteiger partial charge < -0.3 is 4.74 Å². The molecule has 21 heavy (non-hydrogen) atoms. The van der Waals surface area contributed by atoms with Crippen LogP contribution in [-0.2, 0) is 9.53 Å². The third-order valence-corrected chi connectivity index (χ3v) is 4.09. The van der Waals surface area contributed by atoms with Gasteiger partial charge in [0.1, 0.15) is 11.1 Å². The third-order valence-electron chi connectivity index (χ3n) is 3.07. The summed E-state index contributed by atoms with van der Waals surface area (Å²) >= 11 is 1.31. The van der Waals surface area contributed by atoms with Gasteiger partial charge in [0.15, 0.2) is 10.8 Å². The molecule has 1 atom stereocenters. The highest BCUT2D eigenvalue weighted by molar-refractivity contribution is 8.00. The summed E-state index contributed by atoms with van der Waals surface area (Å²) in [5, 5.41) is 5.57. The lowest BCUT2D eigenvalue weighted by atomic mass is 10.2. The smallest absolute Gasteiger partial charge is 0.318 e. The fourth-order valence-corrected chi connectivity index (χ4v) is 2.97. The number of hydrogen-bond acceptors (Lipinski definition) is 6. The van der Waals surface area contributed by atoms with E-state index in [1.54, 1.807) is 11.4 Å². The number of esters is 1. The normalized spacial score (nSPS) is 12.7. The van der Waals surface area contributed by atoms with Crippen molar-refractivity contribution in [3.05, 3.63) is 30.1 Å². The number of benzene rings is 1. The second kappa shape index (κ2) is 5.33. The zero-order valence-electron chi connectivity index (χ0n) is 11.9. The third kappa shape index (κ3) is 2.44. The van der Waals surface area contributed by atoms with E-state index in [9.17, 15) is 4.79 Å². The van der Waals surface area contributed by atoms with Crippen molar-refractivity contribution in [3.63, 3.8) is 0 Å². The molecule has 0 fully saturated rings. The number of carbonyl (C=O) groups is 1. The molecule has 7 heteroatoms. The molecule has 0 amide bonds. The molecule has 2 heterocycles. The van der Waals surface area contributed by atoms with E-state index < -0.39 is 0 Å². The van der Waals surface area contributed by atoms with E-state index in [4.69, 9.17) is 4.74 Å². The Morgan fingerprint density at radius 1 is 1.33 bits per heavy atom. The number of rotatable bonds is 3. The van der Waals surface area contributed by atoms with Gasteiger partial charge in [0.05, 0.1) is 12.6 Å². The van der Waals surface area contributed by atoms with E-state index in [0.29, 0.717) is 11.0 Å². The molecule has 3 rings (SSSR count). The Hall–Kier alpha value is -2.15. The number of fused-ring (bicyclic) bond motifs is 3. The van der Waals surface area contributed by atoms with Gasteiger partial charge in [-0.15, -0.1) is 5.10 Å². The van der Waals surface area contributed by atoms with Gasteiger partial charge in [-0.1, -0.05) is 23.9 Å². The number of methoxy groups -OCH3 is 1. The Morgan fingerprint density at radius 3 is 2.86 bits per heavy atom. The van der Waals surface area contributed by atoms with Crippen LogP contribution < -0.4 is 0 Å². The van der Waals surface area contributed by atoms with E-state index in [1.807, 2.05) is 31.2 Å². The molecule has 0 saturated heterocycles. The summed E-state index contributed by atoms with van der Waals surface area (Å²) in [6.07, 6.45) is 0. The second-order valence-corrected chi connectivity index (χ2v) is 5.90. The molecule has 0 N–H and O–H groups in total. The van der Waals surface area contributed by atoms with Crippen LogP contribution in [0.1, 0.15) is 12.7 Å². The molecule has 0 spiro atoms. The van der Waals surface area contributed by atoms with E-state index in [2.05, 4.69) is 15.1 Å². The number of thioether (sulfide) groups is 1. The molecule has 0 radical (unpaired) electrons. The summed E-state index contributed by atoms with van der Waals surface area (Å²) in [6.45, 7) is 3.61. The topological polar surface area (TPSA) is 69.4 Å². The van der Waals surface area contributed by atoms with E-state index >= 15 is 0 Å². The summed E-state index contributed by atoms with van der Waals surface area (Å²) in [5.74, 6) is 0.376. The lowest BCUT2D eigenvalue weighted by Gasteiger charge is -2.10. The minimum Gasteiger partial charge on any atom is -0.468 e. The summed E-state index contributed by atoms with van der Waals surface area (Å²) in [7, 11) is 1.38. The van der Waals surface area contributed by atoms with Crippen LogP contribution in [0.15, 0.2) is 29.4 Å². The zero-order valence-corrected chi connectivity index (χ0v) is 12.7. The first-order chi connectivity index (χ1) is 10.1. The highest BCUT2D eigenvalue weighted by Gasteiger charge is 2.19. The molecule has 0 aliphatic rings. The van der Waals surface area contributed by atoms with Gasteiger partial charge in [-0.05, 0) is 26.0 Å². The Morgan fingerprint density at radius 2 is 2.10 bits per heavy atom. The highest BCUT2D eigenvalue weighted by atomic mass is 32.2. The lowest BCUT2D eigenvalue weighted by Crippen LogP contribution is -2.16. The molecule has 1 aromatic carbocycles. The van der Waals surface area contributed by atoms with Crippen molar-refractivity contribution in [1.29, 1.82) is 0 Å². The highest BCUT2D eigenvalue weighted by Crippen LogP contribution is 2.26. The predicted octanol–water partition coefficient (Wildman–Crippen LogP) is 2.24. The monoisotopic (exact) mass is 302 g/mol. The molecule has 0 bridgehead atoms. The summed E-state index contributed by atoms with van der Waals surface area (Å²) < 4.78 is 6.44. The summed E-state index contributed by atoms with van der Waals surface area (Å²) in [4.78, 5) is 20.7. The minimum atomic E-state index is -0.364. The van der Waals surface area contributed by atoms with Gasteiger partial charge in [0.2, 0.25) is 0 Å². The van der Waals surface area contributed by atoms with Crippen LogP contribution in [0.2, 0.25) is 0 Å². The molecule has 0 aliphatic heterocycles. The van der Waals surface area contributed by atoms with Gasteiger partial charge in [-0.25, -0.2) is 9.97 Å². The number of hydrogen-bond donors (Lipinski definition) is 0. The van der Waals surface area contributed by atoms with Crippen LogP contribution in [0.5, 0.6) is 0 Å². The van der Waals surface area contributed by atoms with Crippen molar-refractivity contribution in [3.8, 4) is 0 Å². The van der Waals surface area contributed by atoms with Crippen molar-refractivity contribution in [2.45, 2.75) is 24.3 Å². The Kier molecular flexibility index (Phi) is 3.50. The number of carbonyl (C=O) groups excluding carboxylic acids is 1. The van der Waals surface area contributed by atoms with E-state index in [-0.39, 0.29) is 11.2 Å². The van der Waals surface area contributed by atoms with Gasteiger partial charge >= 0.3 is 5.97 Å². The van der Waals surface area contributed by atoms with Crippen LogP contribution in [0.4, 0.5) is 0 Å². The molecule has 3 aromatic rings. The Bertz CT molecular complexity index is 830. The largest absolute Gasteiger partial charge is 0.468 e. The fraction of sp³-hybridized carbons (Fsp3) is 0.286. The fourth-order valence-electron chi connectivity index (χ4n) is 2.08. The maximum atomic E-state index is 11.6. The molecular weight excluding hydrogens is 288 g/mol. The first-order valence-electron chi connectivity index (χ1n) is 6.46. The molecule has 6 nitrogen and oxygen atoms in total. The average Bonchev–Trinajstić information content (AvgIpc) is 2.88. The van der Waals surface area contributed by atoms with Gasteiger partial charge in [-0.2, -0.15) is 4.52 Å². The van der Waals surface area contributed by atoms with Crippen LogP contribution >= 0.6 is 11.8 Å². The zero-order chi connectivity index (χ0) is 15.0. The standard InChI is InChI=1S/C14H14N4O2S/c1-8(13(19)20-3)21-14-16-11-7-5-4-6-10(11)12-15-9(2)17-18(12)14/h4-8H,1-3H3. The minimum absolute atomic E-state index is 0.292. The molecule has 0 aliphatic carbocycles. The van der Waals surface area contributed by atoms with Gasteiger partial charge in [0, 0.05) is 5.39 Å².